The van der Waals surface area contributed by atoms with Gasteiger partial charge in [-0.1, -0.05) is 23.7 Å². The summed E-state index contributed by atoms with van der Waals surface area (Å²) >= 11 is 5.90. The van der Waals surface area contributed by atoms with E-state index in [2.05, 4.69) is 5.32 Å². The fraction of sp³-hybridized carbons (Fsp3) is 0.318. The minimum Gasteiger partial charge on any atom is -0.506 e. The summed E-state index contributed by atoms with van der Waals surface area (Å²) in [5.74, 6) is -0.492. The SMILES string of the molecule is C[C@@]12CCC(=O)N1c1ccccc1C(=O)N2CCCC(=O)Nc1cc(Cl)ccc1O. The smallest absolute Gasteiger partial charge is 0.257 e. The summed E-state index contributed by atoms with van der Waals surface area (Å²) in [6.45, 7) is 2.23. The Morgan fingerprint density at radius 2 is 2.00 bits per heavy atom. The predicted octanol–water partition coefficient (Wildman–Crippen LogP) is 3.76. The van der Waals surface area contributed by atoms with Gasteiger partial charge in [0.15, 0.2) is 0 Å². The van der Waals surface area contributed by atoms with Crippen LogP contribution in [-0.2, 0) is 9.59 Å². The molecule has 2 aromatic carbocycles. The van der Waals surface area contributed by atoms with Crippen molar-refractivity contribution in [2.45, 2.75) is 38.3 Å². The van der Waals surface area contributed by atoms with Gasteiger partial charge in [0.1, 0.15) is 11.4 Å². The lowest BCUT2D eigenvalue weighted by molar-refractivity contribution is -0.118. The normalized spacial score (nSPS) is 20.2. The average molecular weight is 428 g/mol. The summed E-state index contributed by atoms with van der Waals surface area (Å²) in [6, 6.07) is 11.5. The molecule has 0 aliphatic carbocycles. The van der Waals surface area contributed by atoms with Gasteiger partial charge in [-0.15, -0.1) is 0 Å². The quantitative estimate of drug-likeness (QED) is 0.711. The van der Waals surface area contributed by atoms with Crippen molar-refractivity contribution in [2.75, 3.05) is 16.8 Å². The van der Waals surface area contributed by atoms with Crippen LogP contribution >= 0.6 is 11.6 Å². The lowest BCUT2D eigenvalue weighted by Gasteiger charge is -2.48. The van der Waals surface area contributed by atoms with Gasteiger partial charge in [-0.25, -0.2) is 0 Å². The zero-order valence-electron chi connectivity index (χ0n) is 16.5. The second-order valence-corrected chi connectivity index (χ2v) is 8.17. The summed E-state index contributed by atoms with van der Waals surface area (Å²) in [5.41, 5.74) is 0.663. The number of hydrogen-bond acceptors (Lipinski definition) is 4. The van der Waals surface area contributed by atoms with Gasteiger partial charge in [0.25, 0.3) is 5.91 Å². The van der Waals surface area contributed by atoms with Crippen molar-refractivity contribution in [3.05, 3.63) is 53.1 Å². The Bertz CT molecular complexity index is 1040. The highest BCUT2D eigenvalue weighted by Gasteiger charge is 2.52. The van der Waals surface area contributed by atoms with E-state index in [1.807, 2.05) is 13.0 Å². The third kappa shape index (κ3) is 3.39. The third-order valence-corrected chi connectivity index (χ3v) is 6.00. The van der Waals surface area contributed by atoms with Gasteiger partial charge in [-0.2, -0.15) is 0 Å². The zero-order valence-corrected chi connectivity index (χ0v) is 17.3. The summed E-state index contributed by atoms with van der Waals surface area (Å²) in [7, 11) is 0. The van der Waals surface area contributed by atoms with Crippen LogP contribution in [0.3, 0.4) is 0 Å². The van der Waals surface area contributed by atoms with Crippen LogP contribution in [0.25, 0.3) is 0 Å². The summed E-state index contributed by atoms with van der Waals surface area (Å²) in [4.78, 5) is 41.5. The van der Waals surface area contributed by atoms with E-state index in [1.54, 1.807) is 28.0 Å². The van der Waals surface area contributed by atoms with Crippen molar-refractivity contribution in [1.29, 1.82) is 0 Å². The Labute approximate surface area is 179 Å². The molecule has 2 N–H and O–H groups in total. The maximum Gasteiger partial charge on any atom is 0.257 e. The first-order valence-electron chi connectivity index (χ1n) is 9.84. The van der Waals surface area contributed by atoms with Gasteiger partial charge >= 0.3 is 0 Å². The summed E-state index contributed by atoms with van der Waals surface area (Å²) < 4.78 is 0. The number of halogens is 1. The van der Waals surface area contributed by atoms with E-state index in [9.17, 15) is 19.5 Å². The van der Waals surface area contributed by atoms with Crippen molar-refractivity contribution in [3.8, 4) is 5.75 Å². The molecule has 0 radical (unpaired) electrons. The van der Waals surface area contributed by atoms with E-state index >= 15 is 0 Å². The molecule has 0 bridgehead atoms. The number of carbonyl (C=O) groups excluding carboxylic acids is 3. The lowest BCUT2D eigenvalue weighted by Crippen LogP contribution is -2.62. The monoisotopic (exact) mass is 427 g/mol. The van der Waals surface area contributed by atoms with E-state index in [0.717, 1.165) is 0 Å². The second kappa shape index (κ2) is 7.65. The number of fused-ring (bicyclic) bond motifs is 3. The Hall–Kier alpha value is -3.06. The van der Waals surface area contributed by atoms with Crippen molar-refractivity contribution in [3.63, 3.8) is 0 Å². The summed E-state index contributed by atoms with van der Waals surface area (Å²) in [6.07, 6.45) is 1.50. The number of rotatable bonds is 5. The van der Waals surface area contributed by atoms with Gasteiger partial charge in [0.05, 0.1) is 16.9 Å². The molecule has 2 heterocycles. The lowest BCUT2D eigenvalue weighted by atomic mass is 9.98. The number of anilines is 2. The maximum absolute atomic E-state index is 13.2. The van der Waals surface area contributed by atoms with Crippen LogP contribution < -0.4 is 10.2 Å². The second-order valence-electron chi connectivity index (χ2n) is 7.73. The highest BCUT2D eigenvalue weighted by atomic mass is 35.5. The fourth-order valence-corrected chi connectivity index (χ4v) is 4.43. The minimum atomic E-state index is -0.732. The Morgan fingerprint density at radius 1 is 1.23 bits per heavy atom. The summed E-state index contributed by atoms with van der Waals surface area (Å²) in [5, 5.41) is 12.9. The minimum absolute atomic E-state index is 0.00313. The first-order chi connectivity index (χ1) is 14.3. The number of phenolic OH excluding ortho intramolecular Hbond substituents is 1. The van der Waals surface area contributed by atoms with Gasteiger partial charge < -0.3 is 15.3 Å². The number of phenols is 1. The van der Waals surface area contributed by atoms with Crippen molar-refractivity contribution < 1.29 is 19.5 Å². The molecule has 30 heavy (non-hydrogen) atoms. The molecule has 2 aliphatic heterocycles. The average Bonchev–Trinajstić information content (AvgIpc) is 3.03. The molecular formula is C22H22ClN3O4. The highest BCUT2D eigenvalue weighted by molar-refractivity contribution is 6.31. The topological polar surface area (TPSA) is 90.0 Å². The van der Waals surface area contributed by atoms with E-state index in [4.69, 9.17) is 11.6 Å². The van der Waals surface area contributed by atoms with Crippen LogP contribution in [0.15, 0.2) is 42.5 Å². The number of para-hydroxylation sites is 1. The molecule has 156 valence electrons. The van der Waals surface area contributed by atoms with Crippen LogP contribution in [-0.4, -0.2) is 39.9 Å². The van der Waals surface area contributed by atoms with E-state index in [1.165, 1.54) is 18.2 Å². The molecule has 1 atom stereocenters. The fourth-order valence-electron chi connectivity index (χ4n) is 4.26. The molecule has 0 spiro atoms. The standard InChI is InChI=1S/C22H22ClN3O4/c1-22-11-10-20(29)26(22)17-6-3-2-5-15(17)21(30)25(22)12-4-7-19(28)24-16-13-14(23)8-9-18(16)27/h2-3,5-6,8-9,13,27H,4,7,10-12H2,1H3,(H,24,28)/t22-/m0/s1. The Balaban J connectivity index is 1.47. The number of amides is 3. The molecule has 0 aromatic heterocycles. The number of nitrogens with one attached hydrogen (secondary N) is 1. The number of benzene rings is 2. The van der Waals surface area contributed by atoms with Crippen molar-refractivity contribution in [1.82, 2.24) is 4.90 Å². The molecule has 0 unspecified atom stereocenters. The van der Waals surface area contributed by atoms with Crippen molar-refractivity contribution >= 4 is 40.7 Å². The molecule has 3 amide bonds. The van der Waals surface area contributed by atoms with Gasteiger partial charge in [0, 0.05) is 24.4 Å². The molecule has 4 rings (SSSR count). The van der Waals surface area contributed by atoms with Crippen LogP contribution in [0.2, 0.25) is 5.02 Å². The largest absolute Gasteiger partial charge is 0.506 e. The highest BCUT2D eigenvalue weighted by Crippen LogP contribution is 2.44. The first kappa shape index (κ1) is 20.2. The van der Waals surface area contributed by atoms with E-state index in [0.29, 0.717) is 42.1 Å². The molecule has 0 saturated carbocycles. The molecule has 2 aliphatic rings. The van der Waals surface area contributed by atoms with E-state index < -0.39 is 5.66 Å². The zero-order chi connectivity index (χ0) is 21.5. The third-order valence-electron chi connectivity index (χ3n) is 5.76. The van der Waals surface area contributed by atoms with Gasteiger partial charge in [-0.05, 0) is 50.1 Å². The molecule has 8 heteroatoms. The number of hydrogen-bond donors (Lipinski definition) is 2. The molecule has 7 nitrogen and oxygen atoms in total. The Morgan fingerprint density at radius 3 is 2.80 bits per heavy atom. The predicted molar refractivity (Wildman–Crippen MR) is 114 cm³/mol. The van der Waals surface area contributed by atoms with E-state index in [-0.39, 0.29) is 35.6 Å². The maximum atomic E-state index is 13.2. The number of aromatic hydroxyl groups is 1. The van der Waals surface area contributed by atoms with Crippen molar-refractivity contribution in [2.24, 2.45) is 0 Å². The molecular weight excluding hydrogens is 406 g/mol. The molecule has 1 fully saturated rings. The van der Waals surface area contributed by atoms with Crippen LogP contribution in [0.1, 0.15) is 43.0 Å². The number of carbonyl (C=O) groups is 3. The first-order valence-corrected chi connectivity index (χ1v) is 10.2. The van der Waals surface area contributed by atoms with Crippen LogP contribution in [0.5, 0.6) is 5.75 Å². The molecule has 1 saturated heterocycles. The number of nitrogens with zero attached hydrogens (tertiary/aromatic N) is 2. The van der Waals surface area contributed by atoms with Gasteiger partial charge in [-0.3, -0.25) is 19.3 Å². The Kier molecular flexibility index (Phi) is 5.15. The van der Waals surface area contributed by atoms with Crippen LogP contribution in [0.4, 0.5) is 11.4 Å². The molecule has 2 aromatic rings. The van der Waals surface area contributed by atoms with Crippen LogP contribution in [0, 0.1) is 0 Å². The van der Waals surface area contributed by atoms with Gasteiger partial charge in [0.2, 0.25) is 11.8 Å².